The van der Waals surface area contributed by atoms with Gasteiger partial charge in [0, 0.05) is 30.8 Å². The quantitative estimate of drug-likeness (QED) is 0.834. The van der Waals surface area contributed by atoms with E-state index >= 15 is 0 Å². The van der Waals surface area contributed by atoms with E-state index in [1.165, 1.54) is 19.3 Å². The highest BCUT2D eigenvalue weighted by molar-refractivity contribution is 5.92. The summed E-state index contributed by atoms with van der Waals surface area (Å²) in [6.45, 7) is 2.37. The Bertz CT molecular complexity index is 478. The third-order valence-corrected chi connectivity index (χ3v) is 2.97. The number of nitrogens with zero attached hydrogens (tertiary/aromatic N) is 1. The summed E-state index contributed by atoms with van der Waals surface area (Å²) in [5.74, 6) is 0.595. The van der Waals surface area contributed by atoms with E-state index in [4.69, 9.17) is 9.47 Å². The van der Waals surface area contributed by atoms with Crippen LogP contribution in [-0.4, -0.2) is 49.3 Å². The number of phenolic OH excluding ortho intramolecular Hbond substituents is 1. The van der Waals surface area contributed by atoms with E-state index in [0.29, 0.717) is 37.6 Å². The standard InChI is InChI=1S/C14H17NO4/c1-18-12-4-2-11(13(16)10-12)3-5-14(17)15-6-8-19-9-7-15/h2-5,10,16H,6-9H2,1H3/b5-3+. The number of aromatic hydroxyl groups is 1. The molecular formula is C14H17NO4. The van der Waals surface area contributed by atoms with E-state index in [-0.39, 0.29) is 11.7 Å². The van der Waals surface area contributed by atoms with Crippen LogP contribution < -0.4 is 4.74 Å². The Morgan fingerprint density at radius 1 is 1.42 bits per heavy atom. The number of hydrogen-bond donors (Lipinski definition) is 1. The van der Waals surface area contributed by atoms with Crippen LogP contribution >= 0.6 is 0 Å². The topological polar surface area (TPSA) is 59.0 Å². The lowest BCUT2D eigenvalue weighted by Gasteiger charge is -2.25. The lowest BCUT2D eigenvalue weighted by Crippen LogP contribution is -2.39. The van der Waals surface area contributed by atoms with Crippen molar-refractivity contribution >= 4 is 12.0 Å². The van der Waals surface area contributed by atoms with Gasteiger partial charge in [0.2, 0.25) is 5.91 Å². The minimum Gasteiger partial charge on any atom is -0.507 e. The van der Waals surface area contributed by atoms with Crippen LogP contribution in [0.15, 0.2) is 24.3 Å². The van der Waals surface area contributed by atoms with Crippen molar-refractivity contribution in [3.8, 4) is 11.5 Å². The second-order valence-corrected chi connectivity index (χ2v) is 4.20. The number of ether oxygens (including phenoxy) is 2. The number of carbonyl (C=O) groups excluding carboxylic acids is 1. The van der Waals surface area contributed by atoms with Crippen molar-refractivity contribution in [1.29, 1.82) is 0 Å². The molecule has 1 aromatic carbocycles. The first-order chi connectivity index (χ1) is 9.20. The highest BCUT2D eigenvalue weighted by Crippen LogP contribution is 2.24. The van der Waals surface area contributed by atoms with Gasteiger partial charge in [-0.15, -0.1) is 0 Å². The number of morpholine rings is 1. The van der Waals surface area contributed by atoms with E-state index < -0.39 is 0 Å². The molecule has 0 spiro atoms. The summed E-state index contributed by atoms with van der Waals surface area (Å²) in [6, 6.07) is 4.95. The number of benzene rings is 1. The first kappa shape index (κ1) is 13.4. The molecule has 1 aromatic rings. The Labute approximate surface area is 112 Å². The van der Waals surface area contributed by atoms with Crippen LogP contribution in [0.25, 0.3) is 6.08 Å². The maximum Gasteiger partial charge on any atom is 0.246 e. The average molecular weight is 263 g/mol. The smallest absolute Gasteiger partial charge is 0.246 e. The van der Waals surface area contributed by atoms with Gasteiger partial charge in [-0.1, -0.05) is 0 Å². The van der Waals surface area contributed by atoms with Gasteiger partial charge in [-0.05, 0) is 18.2 Å². The van der Waals surface area contributed by atoms with E-state index in [0.717, 1.165) is 0 Å². The van der Waals surface area contributed by atoms with Gasteiger partial charge in [-0.3, -0.25) is 4.79 Å². The Hall–Kier alpha value is -2.01. The molecule has 19 heavy (non-hydrogen) atoms. The zero-order chi connectivity index (χ0) is 13.7. The van der Waals surface area contributed by atoms with Crippen molar-refractivity contribution in [2.75, 3.05) is 33.4 Å². The molecule has 1 saturated heterocycles. The molecule has 2 rings (SSSR count). The van der Waals surface area contributed by atoms with Crippen LogP contribution in [0.1, 0.15) is 5.56 Å². The molecule has 1 N–H and O–H groups in total. The molecule has 5 heteroatoms. The van der Waals surface area contributed by atoms with E-state index in [2.05, 4.69) is 0 Å². The number of carbonyl (C=O) groups is 1. The summed E-state index contributed by atoms with van der Waals surface area (Å²) in [7, 11) is 1.53. The molecule has 1 aliphatic heterocycles. The summed E-state index contributed by atoms with van der Waals surface area (Å²) in [5.41, 5.74) is 0.586. The number of amides is 1. The molecule has 1 amide bonds. The van der Waals surface area contributed by atoms with Crippen LogP contribution in [0.2, 0.25) is 0 Å². The second kappa shape index (κ2) is 6.24. The molecule has 0 unspecified atom stereocenters. The molecule has 0 aromatic heterocycles. The Morgan fingerprint density at radius 3 is 2.79 bits per heavy atom. The average Bonchev–Trinajstić information content (AvgIpc) is 2.46. The summed E-state index contributed by atoms with van der Waals surface area (Å²) >= 11 is 0. The van der Waals surface area contributed by atoms with Gasteiger partial charge in [-0.25, -0.2) is 0 Å². The Kier molecular flexibility index (Phi) is 4.41. The first-order valence-corrected chi connectivity index (χ1v) is 6.12. The molecule has 102 valence electrons. The Balaban J connectivity index is 2.03. The van der Waals surface area contributed by atoms with Crippen molar-refractivity contribution in [2.24, 2.45) is 0 Å². The number of phenols is 1. The van der Waals surface area contributed by atoms with Gasteiger partial charge >= 0.3 is 0 Å². The highest BCUT2D eigenvalue weighted by Gasteiger charge is 2.14. The normalized spacial score (nSPS) is 15.7. The van der Waals surface area contributed by atoms with Gasteiger partial charge in [-0.2, -0.15) is 0 Å². The van der Waals surface area contributed by atoms with Crippen molar-refractivity contribution in [1.82, 2.24) is 4.90 Å². The van der Waals surface area contributed by atoms with Crippen LogP contribution in [-0.2, 0) is 9.53 Å². The fourth-order valence-corrected chi connectivity index (χ4v) is 1.84. The van der Waals surface area contributed by atoms with Crippen LogP contribution in [0.5, 0.6) is 11.5 Å². The molecule has 0 aliphatic carbocycles. The molecule has 1 fully saturated rings. The molecule has 1 aliphatic rings. The van der Waals surface area contributed by atoms with Gasteiger partial charge < -0.3 is 19.5 Å². The maximum absolute atomic E-state index is 11.9. The van der Waals surface area contributed by atoms with E-state index in [1.54, 1.807) is 23.1 Å². The fraction of sp³-hybridized carbons (Fsp3) is 0.357. The minimum atomic E-state index is -0.0708. The number of rotatable bonds is 3. The number of methoxy groups -OCH3 is 1. The lowest BCUT2D eigenvalue weighted by molar-refractivity contribution is -0.129. The van der Waals surface area contributed by atoms with Crippen molar-refractivity contribution in [3.05, 3.63) is 29.8 Å². The summed E-state index contributed by atoms with van der Waals surface area (Å²) in [5, 5.41) is 9.77. The zero-order valence-corrected chi connectivity index (χ0v) is 10.8. The lowest BCUT2D eigenvalue weighted by atomic mass is 10.1. The van der Waals surface area contributed by atoms with Gasteiger partial charge in [0.05, 0.1) is 20.3 Å². The minimum absolute atomic E-state index is 0.0708. The third kappa shape index (κ3) is 3.48. The van der Waals surface area contributed by atoms with Gasteiger partial charge in [0.1, 0.15) is 11.5 Å². The van der Waals surface area contributed by atoms with Crippen LogP contribution in [0, 0.1) is 0 Å². The predicted octanol–water partition coefficient (Wildman–Crippen LogP) is 1.27. The van der Waals surface area contributed by atoms with Crippen molar-refractivity contribution < 1.29 is 19.4 Å². The molecule has 1 heterocycles. The molecule has 0 atom stereocenters. The van der Waals surface area contributed by atoms with E-state index in [1.807, 2.05) is 0 Å². The zero-order valence-electron chi connectivity index (χ0n) is 10.8. The Morgan fingerprint density at radius 2 is 2.16 bits per heavy atom. The van der Waals surface area contributed by atoms with Crippen molar-refractivity contribution in [2.45, 2.75) is 0 Å². The van der Waals surface area contributed by atoms with Crippen molar-refractivity contribution in [3.63, 3.8) is 0 Å². The van der Waals surface area contributed by atoms with Gasteiger partial charge in [0.15, 0.2) is 0 Å². The second-order valence-electron chi connectivity index (χ2n) is 4.20. The molecule has 0 radical (unpaired) electrons. The molecule has 0 saturated carbocycles. The summed E-state index contributed by atoms with van der Waals surface area (Å²) < 4.78 is 10.2. The third-order valence-electron chi connectivity index (χ3n) is 2.97. The van der Waals surface area contributed by atoms with Crippen LogP contribution in [0.4, 0.5) is 0 Å². The predicted molar refractivity (Wildman–Crippen MR) is 71.1 cm³/mol. The number of hydrogen-bond acceptors (Lipinski definition) is 4. The largest absolute Gasteiger partial charge is 0.507 e. The maximum atomic E-state index is 11.9. The van der Waals surface area contributed by atoms with Gasteiger partial charge in [0.25, 0.3) is 0 Å². The SMILES string of the molecule is COc1ccc(/C=C/C(=O)N2CCOCC2)c(O)c1. The fourth-order valence-electron chi connectivity index (χ4n) is 1.84. The summed E-state index contributed by atoms with van der Waals surface area (Å²) in [4.78, 5) is 13.6. The molecule has 5 nitrogen and oxygen atoms in total. The first-order valence-electron chi connectivity index (χ1n) is 6.12. The monoisotopic (exact) mass is 263 g/mol. The van der Waals surface area contributed by atoms with E-state index in [9.17, 15) is 9.90 Å². The van der Waals surface area contributed by atoms with Crippen LogP contribution in [0.3, 0.4) is 0 Å². The molecular weight excluding hydrogens is 246 g/mol. The molecule has 0 bridgehead atoms. The highest BCUT2D eigenvalue weighted by atomic mass is 16.5. The summed E-state index contributed by atoms with van der Waals surface area (Å²) in [6.07, 6.45) is 3.07.